The van der Waals surface area contributed by atoms with Gasteiger partial charge in [-0.1, -0.05) is 26.0 Å². The van der Waals surface area contributed by atoms with Gasteiger partial charge in [-0.05, 0) is 60.4 Å². The molecule has 33 heavy (non-hydrogen) atoms. The van der Waals surface area contributed by atoms with Crippen molar-refractivity contribution in [1.29, 1.82) is 0 Å². The number of piperidine rings is 1. The Morgan fingerprint density at radius 2 is 1.88 bits per heavy atom. The van der Waals surface area contributed by atoms with E-state index in [1.54, 1.807) is 18.4 Å². The summed E-state index contributed by atoms with van der Waals surface area (Å²) in [5, 5.41) is 5.13. The Labute approximate surface area is 199 Å². The highest BCUT2D eigenvalue weighted by Crippen LogP contribution is 2.28. The first-order valence-electron chi connectivity index (χ1n) is 11.7. The van der Waals surface area contributed by atoms with Crippen molar-refractivity contribution < 1.29 is 14.3 Å². The third kappa shape index (κ3) is 5.41. The van der Waals surface area contributed by atoms with Crippen LogP contribution >= 0.6 is 11.3 Å². The van der Waals surface area contributed by atoms with Crippen molar-refractivity contribution in [2.75, 3.05) is 26.7 Å². The lowest BCUT2D eigenvalue weighted by Gasteiger charge is -2.31. The summed E-state index contributed by atoms with van der Waals surface area (Å²) < 4.78 is 8.50. The quantitative estimate of drug-likeness (QED) is 0.519. The Balaban J connectivity index is 1.44. The first-order valence-corrected chi connectivity index (χ1v) is 12.6. The summed E-state index contributed by atoms with van der Waals surface area (Å²) in [6.45, 7) is 6.89. The molecule has 4 rings (SSSR count). The molecule has 3 heterocycles. The number of nitrogens with one attached hydrogen (secondary N) is 1. The minimum absolute atomic E-state index is 0.00390. The van der Waals surface area contributed by atoms with Crippen LogP contribution in [0.4, 0.5) is 0 Å². The Morgan fingerprint density at radius 3 is 2.55 bits per heavy atom. The van der Waals surface area contributed by atoms with E-state index in [0.717, 1.165) is 34.5 Å². The molecular weight excluding hydrogens is 434 g/mol. The molecule has 0 radical (unpaired) electrons. The van der Waals surface area contributed by atoms with Crippen LogP contribution in [0.3, 0.4) is 0 Å². The van der Waals surface area contributed by atoms with Crippen molar-refractivity contribution in [3.05, 3.63) is 53.0 Å². The summed E-state index contributed by atoms with van der Waals surface area (Å²) in [6.07, 6.45) is 2.42. The first kappa shape index (κ1) is 23.4. The zero-order chi connectivity index (χ0) is 23.4. The molecule has 0 bridgehead atoms. The van der Waals surface area contributed by atoms with Gasteiger partial charge in [0, 0.05) is 32.1 Å². The maximum absolute atomic E-state index is 13.5. The zero-order valence-electron chi connectivity index (χ0n) is 19.7. The predicted molar refractivity (Wildman–Crippen MR) is 133 cm³/mol. The van der Waals surface area contributed by atoms with Crippen LogP contribution < -0.4 is 10.1 Å². The molecule has 0 spiro atoms. The number of fused-ring (bicyclic) bond motifs is 1. The van der Waals surface area contributed by atoms with Crippen molar-refractivity contribution >= 4 is 33.4 Å². The second-order valence-corrected chi connectivity index (χ2v) is 10.1. The number of thiophene rings is 1. The molecule has 1 N–H and O–H groups in total. The van der Waals surface area contributed by atoms with Gasteiger partial charge in [-0.25, -0.2) is 0 Å². The lowest BCUT2D eigenvalue weighted by molar-refractivity contribution is -0.126. The smallest absolute Gasteiger partial charge is 0.270 e. The second kappa shape index (κ2) is 10.4. The number of carbonyl (C=O) groups is 2. The molecule has 1 fully saturated rings. The SMILES string of the molecule is COc1ccc(Cn2c(C(=O)N3CCC(C(=O)NCCC(C)C)CC3)cc3sccc32)cc1. The monoisotopic (exact) mass is 467 g/mol. The van der Waals surface area contributed by atoms with Crippen molar-refractivity contribution in [3.63, 3.8) is 0 Å². The van der Waals surface area contributed by atoms with Crippen LogP contribution in [0.15, 0.2) is 41.8 Å². The van der Waals surface area contributed by atoms with Crippen LogP contribution in [0.1, 0.15) is 49.2 Å². The van der Waals surface area contributed by atoms with Gasteiger partial charge in [-0.3, -0.25) is 9.59 Å². The van der Waals surface area contributed by atoms with Gasteiger partial charge in [-0.2, -0.15) is 0 Å². The molecule has 3 aromatic rings. The van der Waals surface area contributed by atoms with Crippen LogP contribution in [-0.2, 0) is 11.3 Å². The molecule has 0 aliphatic carbocycles. The second-order valence-electron chi connectivity index (χ2n) is 9.17. The number of amides is 2. The molecule has 1 aliphatic rings. The van der Waals surface area contributed by atoms with Gasteiger partial charge >= 0.3 is 0 Å². The number of carbonyl (C=O) groups excluding carboxylic acids is 2. The molecule has 0 atom stereocenters. The molecule has 1 aliphatic heterocycles. The summed E-state index contributed by atoms with van der Waals surface area (Å²) in [4.78, 5) is 27.9. The summed E-state index contributed by atoms with van der Waals surface area (Å²) in [6, 6.07) is 12.1. The minimum Gasteiger partial charge on any atom is -0.497 e. The summed E-state index contributed by atoms with van der Waals surface area (Å²) >= 11 is 1.65. The molecule has 7 heteroatoms. The number of hydrogen-bond donors (Lipinski definition) is 1. The normalized spacial score (nSPS) is 14.7. The van der Waals surface area contributed by atoms with Crippen molar-refractivity contribution in [2.24, 2.45) is 11.8 Å². The van der Waals surface area contributed by atoms with Crippen molar-refractivity contribution in [1.82, 2.24) is 14.8 Å². The summed E-state index contributed by atoms with van der Waals surface area (Å²) in [5.41, 5.74) is 2.91. The van der Waals surface area contributed by atoms with Crippen LogP contribution in [0, 0.1) is 11.8 Å². The number of hydrogen-bond acceptors (Lipinski definition) is 4. The van der Waals surface area contributed by atoms with Gasteiger partial charge in [-0.15, -0.1) is 11.3 Å². The molecule has 0 saturated carbocycles. The van der Waals surface area contributed by atoms with Crippen LogP contribution in [0.25, 0.3) is 10.2 Å². The number of likely N-dealkylation sites (tertiary alicyclic amines) is 1. The number of rotatable bonds is 8. The molecule has 6 nitrogen and oxygen atoms in total. The predicted octanol–water partition coefficient (Wildman–Crippen LogP) is 4.77. The van der Waals surface area contributed by atoms with Gasteiger partial charge in [0.1, 0.15) is 11.4 Å². The Kier molecular flexibility index (Phi) is 7.38. The lowest BCUT2D eigenvalue weighted by Crippen LogP contribution is -2.43. The van der Waals surface area contributed by atoms with Crippen LogP contribution in [-0.4, -0.2) is 48.0 Å². The van der Waals surface area contributed by atoms with Gasteiger partial charge in [0.25, 0.3) is 5.91 Å². The fraction of sp³-hybridized carbons (Fsp3) is 0.462. The number of aromatic nitrogens is 1. The topological polar surface area (TPSA) is 63.6 Å². The van der Waals surface area contributed by atoms with E-state index in [0.29, 0.717) is 44.1 Å². The average molecular weight is 468 g/mol. The molecular formula is C26H33N3O3S. The van der Waals surface area contributed by atoms with Crippen molar-refractivity contribution in [2.45, 2.75) is 39.7 Å². The standard InChI is InChI=1S/C26H33N3O3S/c1-18(2)8-12-27-25(30)20-9-13-28(14-10-20)26(31)23-16-24-22(11-15-33-24)29(23)17-19-4-6-21(32-3)7-5-19/h4-7,11,15-16,18,20H,8-10,12-14,17H2,1-3H3,(H,27,30). The van der Waals surface area contributed by atoms with E-state index >= 15 is 0 Å². The van der Waals surface area contributed by atoms with E-state index in [1.807, 2.05) is 35.2 Å². The van der Waals surface area contributed by atoms with Gasteiger partial charge in [0.2, 0.25) is 5.91 Å². The molecule has 0 unspecified atom stereocenters. The molecule has 2 amide bonds. The maximum Gasteiger partial charge on any atom is 0.270 e. The van der Waals surface area contributed by atoms with Gasteiger partial charge in [0.15, 0.2) is 0 Å². The van der Waals surface area contributed by atoms with E-state index in [-0.39, 0.29) is 17.7 Å². The van der Waals surface area contributed by atoms with E-state index in [1.165, 1.54) is 0 Å². The molecule has 176 valence electrons. The minimum atomic E-state index is -0.00390. The average Bonchev–Trinajstić information content (AvgIpc) is 3.41. The Bertz CT molecular complexity index is 1090. The van der Waals surface area contributed by atoms with Gasteiger partial charge < -0.3 is 19.5 Å². The van der Waals surface area contributed by atoms with Crippen LogP contribution in [0.2, 0.25) is 0 Å². The first-order chi connectivity index (χ1) is 16.0. The fourth-order valence-electron chi connectivity index (χ4n) is 4.37. The number of ether oxygens (including phenoxy) is 1. The number of nitrogens with zero attached hydrogens (tertiary/aromatic N) is 2. The third-order valence-electron chi connectivity index (χ3n) is 6.42. The van der Waals surface area contributed by atoms with E-state index < -0.39 is 0 Å². The lowest BCUT2D eigenvalue weighted by atomic mass is 9.95. The van der Waals surface area contributed by atoms with Crippen LogP contribution in [0.5, 0.6) is 5.75 Å². The maximum atomic E-state index is 13.5. The molecule has 1 saturated heterocycles. The number of methoxy groups -OCH3 is 1. The highest BCUT2D eigenvalue weighted by Gasteiger charge is 2.29. The van der Waals surface area contributed by atoms with Crippen molar-refractivity contribution in [3.8, 4) is 5.75 Å². The zero-order valence-corrected chi connectivity index (χ0v) is 20.5. The third-order valence-corrected chi connectivity index (χ3v) is 7.27. The highest BCUT2D eigenvalue weighted by atomic mass is 32.1. The van der Waals surface area contributed by atoms with Gasteiger partial charge in [0.05, 0.1) is 17.3 Å². The van der Waals surface area contributed by atoms with E-state index in [4.69, 9.17) is 4.74 Å². The highest BCUT2D eigenvalue weighted by molar-refractivity contribution is 7.17. The molecule has 1 aromatic carbocycles. The summed E-state index contributed by atoms with van der Waals surface area (Å²) in [7, 11) is 1.66. The van der Waals surface area contributed by atoms with E-state index in [9.17, 15) is 9.59 Å². The Hall–Kier alpha value is -2.80. The largest absolute Gasteiger partial charge is 0.497 e. The summed E-state index contributed by atoms with van der Waals surface area (Å²) in [5.74, 6) is 1.57. The van der Waals surface area contributed by atoms with E-state index in [2.05, 4.69) is 35.2 Å². The Morgan fingerprint density at radius 1 is 1.15 bits per heavy atom. The fourth-order valence-corrected chi connectivity index (χ4v) is 5.20. The number of benzene rings is 1. The molecule has 2 aromatic heterocycles.